The summed E-state index contributed by atoms with van der Waals surface area (Å²) in [6.45, 7) is 25.8. The molecule has 0 spiro atoms. The van der Waals surface area contributed by atoms with Crippen molar-refractivity contribution in [2.75, 3.05) is 59.2 Å². The largest absolute Gasteiger partial charge is 0.471 e. The van der Waals surface area contributed by atoms with E-state index >= 15 is 0 Å². The molecule has 0 saturated carbocycles. The molecule has 7 nitrogen and oxygen atoms in total. The number of carbonyl (C=O) groups is 1. The van der Waals surface area contributed by atoms with Gasteiger partial charge in [-0.3, -0.25) is 9.79 Å². The number of anilines is 1. The molecule has 1 aromatic carbocycles. The van der Waals surface area contributed by atoms with E-state index in [4.69, 9.17) is 4.79 Å². The van der Waals surface area contributed by atoms with Gasteiger partial charge in [0, 0.05) is 13.1 Å². The minimum atomic E-state index is 0.375. The van der Waals surface area contributed by atoms with Gasteiger partial charge in [-0.15, -0.1) is 0 Å². The van der Waals surface area contributed by atoms with Crippen LogP contribution in [0, 0.1) is 0 Å². The average Bonchev–Trinajstić information content (AvgIpc) is 3.07. The van der Waals surface area contributed by atoms with Crippen molar-refractivity contribution in [2.24, 2.45) is 4.99 Å². The molecule has 1 fully saturated rings. The van der Waals surface area contributed by atoms with Crippen molar-refractivity contribution < 1.29 is 9.53 Å². The molecular formula is C36H75N5O2. The van der Waals surface area contributed by atoms with Crippen LogP contribution in [0.3, 0.4) is 0 Å². The summed E-state index contributed by atoms with van der Waals surface area (Å²) in [5.74, 6) is 0. The molecule has 0 aromatic heterocycles. The topological polar surface area (TPSA) is 78.0 Å². The third kappa shape index (κ3) is 38.0. The second-order valence-corrected chi connectivity index (χ2v) is 10.2. The summed E-state index contributed by atoms with van der Waals surface area (Å²) in [4.78, 5) is 15.6. The molecule has 43 heavy (non-hydrogen) atoms. The van der Waals surface area contributed by atoms with Gasteiger partial charge >= 0.3 is 0 Å². The van der Waals surface area contributed by atoms with Gasteiger partial charge in [-0.05, 0) is 90.4 Å². The molecule has 1 aliphatic rings. The van der Waals surface area contributed by atoms with Crippen LogP contribution in [0.25, 0.3) is 0 Å². The molecule has 0 bridgehead atoms. The van der Waals surface area contributed by atoms with E-state index in [1.165, 1.54) is 116 Å². The number of hydrogen-bond donors (Lipinski definition) is 3. The monoisotopic (exact) mass is 610 g/mol. The fourth-order valence-electron chi connectivity index (χ4n) is 3.61. The van der Waals surface area contributed by atoms with Crippen molar-refractivity contribution >= 4 is 24.6 Å². The molecule has 0 radical (unpaired) electrons. The SMILES string of the molecule is C=Nc1ccc(CNC)cc1NCCCN1CCCCC1.CC.CCCC.CCCC.CCCCCCNC.COC=O. The lowest BCUT2D eigenvalue weighted by Crippen LogP contribution is -2.31. The van der Waals surface area contributed by atoms with Gasteiger partial charge in [-0.1, -0.05) is 106 Å². The highest BCUT2D eigenvalue weighted by Crippen LogP contribution is 2.25. The Kier molecular flexibility index (Phi) is 49.6. The highest BCUT2D eigenvalue weighted by Gasteiger charge is 2.09. The number of hydrogen-bond acceptors (Lipinski definition) is 7. The predicted molar refractivity (Wildman–Crippen MR) is 195 cm³/mol. The van der Waals surface area contributed by atoms with E-state index in [0.29, 0.717) is 6.47 Å². The number of rotatable bonds is 16. The normalized spacial score (nSPS) is 11.6. The molecule has 2 rings (SSSR count). The van der Waals surface area contributed by atoms with E-state index in [1.54, 1.807) is 0 Å². The van der Waals surface area contributed by atoms with Gasteiger partial charge in [0.1, 0.15) is 0 Å². The number of benzene rings is 1. The smallest absolute Gasteiger partial charge is 0.292 e. The van der Waals surface area contributed by atoms with E-state index in [-0.39, 0.29) is 0 Å². The van der Waals surface area contributed by atoms with Crippen molar-refractivity contribution in [3.8, 4) is 0 Å². The lowest BCUT2D eigenvalue weighted by molar-refractivity contribution is -0.126. The summed E-state index contributed by atoms with van der Waals surface area (Å²) in [7, 11) is 5.28. The first-order valence-electron chi connectivity index (χ1n) is 17.3. The molecule has 0 amide bonds. The predicted octanol–water partition coefficient (Wildman–Crippen LogP) is 9.24. The maximum Gasteiger partial charge on any atom is 0.292 e. The summed E-state index contributed by atoms with van der Waals surface area (Å²) in [5.41, 5.74) is 3.30. The number of unbranched alkanes of at least 4 members (excludes halogenated alkanes) is 5. The highest BCUT2D eigenvalue weighted by molar-refractivity contribution is 5.68. The molecule has 1 aliphatic heterocycles. The maximum absolute atomic E-state index is 8.95. The molecule has 3 N–H and O–H groups in total. The molecule has 7 heteroatoms. The van der Waals surface area contributed by atoms with Crippen molar-refractivity contribution in [3.05, 3.63) is 23.8 Å². The molecular weight excluding hydrogens is 534 g/mol. The molecule has 1 heterocycles. The summed E-state index contributed by atoms with van der Waals surface area (Å²) < 4.78 is 3.86. The van der Waals surface area contributed by atoms with Crippen LogP contribution in [0.5, 0.6) is 0 Å². The van der Waals surface area contributed by atoms with Crippen LogP contribution in [0.1, 0.15) is 131 Å². The van der Waals surface area contributed by atoms with Gasteiger partial charge < -0.3 is 25.6 Å². The Balaban J connectivity index is -0.000000284. The number of likely N-dealkylation sites (tertiary alicyclic amines) is 1. The van der Waals surface area contributed by atoms with E-state index in [1.807, 2.05) is 34.0 Å². The average molecular weight is 610 g/mol. The molecule has 256 valence electrons. The Morgan fingerprint density at radius 1 is 0.837 bits per heavy atom. The van der Waals surface area contributed by atoms with E-state index in [0.717, 1.165) is 24.5 Å². The van der Waals surface area contributed by atoms with Gasteiger partial charge in [-0.2, -0.15) is 0 Å². The van der Waals surface area contributed by atoms with Gasteiger partial charge in [0.05, 0.1) is 18.5 Å². The van der Waals surface area contributed by atoms with Crippen LogP contribution in [0.4, 0.5) is 11.4 Å². The summed E-state index contributed by atoms with van der Waals surface area (Å²) in [6.07, 6.45) is 16.0. The third-order valence-corrected chi connectivity index (χ3v) is 6.40. The molecule has 0 unspecified atom stereocenters. The molecule has 0 aliphatic carbocycles. The van der Waals surface area contributed by atoms with Crippen molar-refractivity contribution in [1.29, 1.82) is 0 Å². The van der Waals surface area contributed by atoms with Crippen LogP contribution < -0.4 is 16.0 Å². The van der Waals surface area contributed by atoms with Crippen LogP contribution in [-0.2, 0) is 16.1 Å². The second-order valence-electron chi connectivity index (χ2n) is 10.2. The number of nitrogens with zero attached hydrogens (tertiary/aromatic N) is 2. The Bertz CT molecular complexity index is 639. The van der Waals surface area contributed by atoms with Gasteiger partial charge in [0.2, 0.25) is 0 Å². The lowest BCUT2D eigenvalue weighted by atomic mass is 10.1. The zero-order valence-electron chi connectivity index (χ0n) is 30.5. The Hall–Kier alpha value is -1.96. The number of ether oxygens (including phenoxy) is 1. The van der Waals surface area contributed by atoms with Crippen LogP contribution in [0.15, 0.2) is 23.2 Å². The van der Waals surface area contributed by atoms with Crippen molar-refractivity contribution in [1.82, 2.24) is 15.5 Å². The maximum atomic E-state index is 8.95. The summed E-state index contributed by atoms with van der Waals surface area (Å²) in [5, 5.41) is 9.82. The first kappa shape index (κ1) is 48.0. The van der Waals surface area contributed by atoms with E-state index in [9.17, 15) is 0 Å². The van der Waals surface area contributed by atoms with E-state index < -0.39 is 0 Å². The van der Waals surface area contributed by atoms with E-state index in [2.05, 4.69) is 84.0 Å². The number of methoxy groups -OCH3 is 1. The third-order valence-electron chi connectivity index (χ3n) is 6.40. The second kappa shape index (κ2) is 44.5. The molecule has 0 atom stereocenters. The highest BCUT2D eigenvalue weighted by atomic mass is 16.5. The molecule has 1 saturated heterocycles. The van der Waals surface area contributed by atoms with Gasteiger partial charge in [0.25, 0.3) is 6.47 Å². The first-order chi connectivity index (χ1) is 21.0. The van der Waals surface area contributed by atoms with Crippen LogP contribution in [0.2, 0.25) is 0 Å². The number of carbonyl (C=O) groups excluding carboxylic acids is 1. The van der Waals surface area contributed by atoms with Crippen molar-refractivity contribution in [3.63, 3.8) is 0 Å². The fraction of sp³-hybridized carbons (Fsp3) is 0.778. The standard InChI is InChI=1S/C17H28N4.C7H17N.2C4H10.C2H4O2.C2H6/c1-18-14-15-7-8-16(19-2)17(13-15)20-9-6-12-21-10-4-3-5-11-21;1-3-4-5-6-7-8-2;2*1-3-4-2;1-4-2-3;1-2/h7-8,13,18,20H,2-6,9-12,14H2,1H3;8H,3-7H2,1-2H3;2*3-4H2,1-2H3;2H,1H3;1-2H3. The minimum Gasteiger partial charge on any atom is -0.471 e. The zero-order chi connectivity index (χ0) is 33.4. The number of aliphatic imine (C=N–C) groups is 1. The van der Waals surface area contributed by atoms with Gasteiger partial charge in [0.15, 0.2) is 0 Å². The van der Waals surface area contributed by atoms with Crippen molar-refractivity contribution in [2.45, 2.75) is 132 Å². The summed E-state index contributed by atoms with van der Waals surface area (Å²) >= 11 is 0. The zero-order valence-corrected chi connectivity index (χ0v) is 30.5. The number of nitrogens with one attached hydrogen (secondary N) is 3. The number of piperidine rings is 1. The summed E-state index contributed by atoms with van der Waals surface area (Å²) in [6, 6.07) is 6.30. The quantitative estimate of drug-likeness (QED) is 0.0985. The Morgan fingerprint density at radius 3 is 1.86 bits per heavy atom. The Morgan fingerprint density at radius 2 is 1.42 bits per heavy atom. The lowest BCUT2D eigenvalue weighted by Gasteiger charge is -2.26. The van der Waals surface area contributed by atoms with Gasteiger partial charge in [-0.25, -0.2) is 0 Å². The first-order valence-corrected chi connectivity index (χ1v) is 17.3. The fourth-order valence-corrected chi connectivity index (χ4v) is 3.61. The minimum absolute atomic E-state index is 0.375. The van der Waals surface area contributed by atoms with Crippen LogP contribution >= 0.6 is 0 Å². The molecule has 1 aromatic rings. The Labute approximate surface area is 269 Å². The van der Waals surface area contributed by atoms with Crippen LogP contribution in [-0.4, -0.2) is 72.0 Å².